The van der Waals surface area contributed by atoms with Gasteiger partial charge in [0.2, 0.25) is 5.91 Å². The van der Waals surface area contributed by atoms with Gasteiger partial charge < -0.3 is 15.7 Å². The molecule has 18 heavy (non-hydrogen) atoms. The van der Waals surface area contributed by atoms with E-state index in [1.165, 1.54) is 6.92 Å². The van der Waals surface area contributed by atoms with Gasteiger partial charge in [0.1, 0.15) is 6.04 Å². The smallest absolute Gasteiger partial charge is 0.328 e. The Morgan fingerprint density at radius 2 is 2.11 bits per heavy atom. The van der Waals surface area contributed by atoms with Crippen molar-refractivity contribution in [2.45, 2.75) is 19.9 Å². The van der Waals surface area contributed by atoms with E-state index in [1.807, 2.05) is 25.1 Å². The molecule has 0 fully saturated rings. The van der Waals surface area contributed by atoms with E-state index >= 15 is 0 Å². The lowest BCUT2D eigenvalue weighted by Gasteiger charge is -2.15. The van der Waals surface area contributed by atoms with Gasteiger partial charge >= 0.3 is 5.97 Å². The summed E-state index contributed by atoms with van der Waals surface area (Å²) in [5.74, 6) is -1.44. The average molecular weight is 315 g/mol. The van der Waals surface area contributed by atoms with Gasteiger partial charge in [-0.05, 0) is 40.5 Å². The molecule has 1 rings (SSSR count). The van der Waals surface area contributed by atoms with Crippen molar-refractivity contribution in [3.8, 4) is 0 Å². The third kappa shape index (κ3) is 4.37. The first-order chi connectivity index (χ1) is 8.40. The second kappa shape index (κ2) is 6.39. The molecule has 98 valence electrons. The molecule has 0 saturated carbocycles. The molecule has 0 spiro atoms. The van der Waals surface area contributed by atoms with Crippen LogP contribution in [0.25, 0.3) is 0 Å². The maximum atomic E-state index is 10.9. The van der Waals surface area contributed by atoms with E-state index in [1.54, 1.807) is 0 Å². The van der Waals surface area contributed by atoms with Crippen LogP contribution >= 0.6 is 15.9 Å². The number of aliphatic carboxylic acids is 1. The van der Waals surface area contributed by atoms with Gasteiger partial charge in [-0.25, -0.2) is 4.79 Å². The molecule has 1 atom stereocenters. The second-order valence-electron chi connectivity index (χ2n) is 3.96. The fraction of sp³-hybridized carbons (Fsp3) is 0.333. The summed E-state index contributed by atoms with van der Waals surface area (Å²) in [6.45, 7) is 3.38. The fourth-order valence-electron chi connectivity index (χ4n) is 1.42. The Bertz CT molecular complexity index is 463. The van der Waals surface area contributed by atoms with Crippen LogP contribution in [0.2, 0.25) is 0 Å². The van der Waals surface area contributed by atoms with Crippen molar-refractivity contribution in [2.75, 3.05) is 11.9 Å². The topological polar surface area (TPSA) is 78.4 Å². The number of hydrogen-bond acceptors (Lipinski definition) is 3. The number of anilines is 1. The molecule has 1 unspecified atom stereocenters. The lowest BCUT2D eigenvalue weighted by Crippen LogP contribution is -2.44. The van der Waals surface area contributed by atoms with Gasteiger partial charge in [-0.2, -0.15) is 0 Å². The number of aryl methyl sites for hydroxylation is 1. The van der Waals surface area contributed by atoms with E-state index in [0.29, 0.717) is 0 Å². The molecule has 0 aromatic heterocycles. The molecule has 1 aromatic rings. The maximum Gasteiger partial charge on any atom is 0.328 e. The van der Waals surface area contributed by atoms with Crippen molar-refractivity contribution in [2.24, 2.45) is 0 Å². The van der Waals surface area contributed by atoms with Crippen LogP contribution in [0, 0.1) is 6.92 Å². The van der Waals surface area contributed by atoms with Crippen LogP contribution in [0.1, 0.15) is 12.5 Å². The van der Waals surface area contributed by atoms with Crippen LogP contribution in [0.15, 0.2) is 22.7 Å². The molecule has 0 aliphatic heterocycles. The molecule has 1 aromatic carbocycles. The summed E-state index contributed by atoms with van der Waals surface area (Å²) in [7, 11) is 0. The third-order valence-electron chi connectivity index (χ3n) is 2.30. The lowest BCUT2D eigenvalue weighted by molar-refractivity contribution is -0.141. The molecule has 0 radical (unpaired) electrons. The molecule has 6 heteroatoms. The van der Waals surface area contributed by atoms with Crippen LogP contribution in [0.5, 0.6) is 0 Å². The van der Waals surface area contributed by atoms with E-state index in [4.69, 9.17) is 5.11 Å². The van der Waals surface area contributed by atoms with Gasteiger partial charge in [-0.3, -0.25) is 4.79 Å². The molecule has 0 aliphatic rings. The number of carboxylic acid groups (broad SMARTS) is 1. The van der Waals surface area contributed by atoms with Gasteiger partial charge in [-0.15, -0.1) is 0 Å². The summed E-state index contributed by atoms with van der Waals surface area (Å²) in [5.41, 5.74) is 1.89. The molecule has 0 bridgehead atoms. The predicted molar refractivity (Wildman–Crippen MR) is 72.6 cm³/mol. The monoisotopic (exact) mass is 314 g/mol. The predicted octanol–water partition coefficient (Wildman–Crippen LogP) is 1.76. The molecule has 0 heterocycles. The number of carboxylic acids is 1. The van der Waals surface area contributed by atoms with E-state index in [-0.39, 0.29) is 12.5 Å². The van der Waals surface area contributed by atoms with E-state index in [9.17, 15) is 9.59 Å². The highest BCUT2D eigenvalue weighted by Gasteiger charge is 2.18. The molecule has 5 nitrogen and oxygen atoms in total. The number of benzene rings is 1. The van der Waals surface area contributed by atoms with Crippen LogP contribution < -0.4 is 10.6 Å². The minimum atomic E-state index is -1.07. The highest BCUT2D eigenvalue weighted by atomic mass is 79.9. The molecule has 0 saturated heterocycles. The average Bonchev–Trinajstić information content (AvgIpc) is 2.25. The maximum absolute atomic E-state index is 10.9. The summed E-state index contributed by atoms with van der Waals surface area (Å²) in [4.78, 5) is 21.8. The number of nitrogens with one attached hydrogen (secondary N) is 2. The highest BCUT2D eigenvalue weighted by Crippen LogP contribution is 2.23. The Morgan fingerprint density at radius 3 is 2.61 bits per heavy atom. The van der Waals surface area contributed by atoms with Crippen molar-refractivity contribution in [3.05, 3.63) is 28.2 Å². The highest BCUT2D eigenvalue weighted by molar-refractivity contribution is 9.10. The largest absolute Gasteiger partial charge is 0.480 e. The van der Waals surface area contributed by atoms with Gasteiger partial charge in [0.15, 0.2) is 0 Å². The summed E-state index contributed by atoms with van der Waals surface area (Å²) in [5, 5.41) is 14.3. The van der Waals surface area contributed by atoms with Crippen molar-refractivity contribution in [3.63, 3.8) is 0 Å². The normalized spacial score (nSPS) is 11.7. The summed E-state index contributed by atoms with van der Waals surface area (Å²) < 4.78 is 0.856. The third-order valence-corrected chi connectivity index (χ3v) is 2.95. The van der Waals surface area contributed by atoms with Crippen LogP contribution in [0.4, 0.5) is 5.69 Å². The van der Waals surface area contributed by atoms with Crippen molar-refractivity contribution in [1.29, 1.82) is 0 Å². The van der Waals surface area contributed by atoms with Crippen molar-refractivity contribution in [1.82, 2.24) is 5.32 Å². The number of carbonyl (C=O) groups is 2. The van der Waals surface area contributed by atoms with E-state index in [2.05, 4.69) is 26.6 Å². The molecule has 1 amide bonds. The van der Waals surface area contributed by atoms with Crippen molar-refractivity contribution >= 4 is 33.5 Å². The minimum absolute atomic E-state index is 0.122. The van der Waals surface area contributed by atoms with Gasteiger partial charge in [-0.1, -0.05) is 6.07 Å². The Kier molecular flexibility index (Phi) is 5.15. The number of amides is 1. The van der Waals surface area contributed by atoms with E-state index < -0.39 is 12.0 Å². The Hall–Kier alpha value is -1.56. The molecular weight excluding hydrogens is 300 g/mol. The zero-order valence-corrected chi connectivity index (χ0v) is 11.7. The quantitative estimate of drug-likeness (QED) is 0.774. The number of halogens is 1. The summed E-state index contributed by atoms with van der Waals surface area (Å²) in [6, 6.07) is 4.75. The zero-order valence-electron chi connectivity index (χ0n) is 10.2. The molecule has 0 aliphatic carbocycles. The van der Waals surface area contributed by atoms with Gasteiger partial charge in [0, 0.05) is 23.6 Å². The minimum Gasteiger partial charge on any atom is -0.480 e. The molecule has 3 N–H and O–H groups in total. The summed E-state index contributed by atoms with van der Waals surface area (Å²) >= 11 is 3.39. The first-order valence-corrected chi connectivity index (χ1v) is 6.19. The van der Waals surface area contributed by atoms with E-state index in [0.717, 1.165) is 15.7 Å². The first-order valence-electron chi connectivity index (χ1n) is 5.40. The Balaban J connectivity index is 2.66. The SMILES string of the molecule is CC(=O)NC(CNc1ccc(C)cc1Br)C(=O)O. The standard InChI is InChI=1S/C12H15BrN2O3/c1-7-3-4-10(9(13)5-7)14-6-11(12(17)18)15-8(2)16/h3-5,11,14H,6H2,1-2H3,(H,15,16)(H,17,18). The Morgan fingerprint density at radius 1 is 1.44 bits per heavy atom. The fourth-order valence-corrected chi connectivity index (χ4v) is 2.05. The van der Waals surface area contributed by atoms with Crippen LogP contribution in [-0.2, 0) is 9.59 Å². The second-order valence-corrected chi connectivity index (χ2v) is 4.81. The lowest BCUT2D eigenvalue weighted by atomic mass is 10.2. The zero-order chi connectivity index (χ0) is 13.7. The van der Waals surface area contributed by atoms with Crippen LogP contribution in [-0.4, -0.2) is 29.6 Å². The number of carbonyl (C=O) groups excluding carboxylic acids is 1. The number of rotatable bonds is 5. The van der Waals surface area contributed by atoms with Crippen molar-refractivity contribution < 1.29 is 14.7 Å². The molecular formula is C12H15BrN2O3. The first kappa shape index (κ1) is 14.5. The number of hydrogen-bond donors (Lipinski definition) is 3. The summed E-state index contributed by atoms with van der Waals surface area (Å²) in [6.07, 6.45) is 0. The van der Waals surface area contributed by atoms with Gasteiger partial charge in [0.05, 0.1) is 0 Å². The van der Waals surface area contributed by atoms with Crippen LogP contribution in [0.3, 0.4) is 0 Å². The van der Waals surface area contributed by atoms with Gasteiger partial charge in [0.25, 0.3) is 0 Å². The Labute approximate surface area is 114 Å².